The molecule has 90 valence electrons. The quantitative estimate of drug-likeness (QED) is 0.692. The molecule has 16 heavy (non-hydrogen) atoms. The maximum Gasteiger partial charge on any atom is 0.258 e. The standard InChI is InChI=1S/C8H13N3O3S2/c12-4-6-3-9-10-8(6)16(13,14)11-7-1-2-15-5-7/h3,7,11-12H,1-2,4-5H2,(H,9,10). The molecule has 0 radical (unpaired) electrons. The second-order valence-corrected chi connectivity index (χ2v) is 6.36. The maximum atomic E-state index is 11.9. The summed E-state index contributed by atoms with van der Waals surface area (Å²) in [6, 6.07) is -0.0233. The highest BCUT2D eigenvalue weighted by Gasteiger charge is 2.26. The summed E-state index contributed by atoms with van der Waals surface area (Å²) in [5.74, 6) is 1.77. The van der Waals surface area contributed by atoms with Crippen molar-refractivity contribution in [3.63, 3.8) is 0 Å². The molecule has 1 aromatic heterocycles. The van der Waals surface area contributed by atoms with Crippen molar-refractivity contribution in [2.45, 2.75) is 24.1 Å². The van der Waals surface area contributed by atoms with Gasteiger partial charge in [-0.3, -0.25) is 5.10 Å². The van der Waals surface area contributed by atoms with E-state index < -0.39 is 10.0 Å². The smallest absolute Gasteiger partial charge is 0.258 e. The van der Waals surface area contributed by atoms with Crippen LogP contribution in [-0.2, 0) is 16.6 Å². The van der Waals surface area contributed by atoms with E-state index in [0.29, 0.717) is 0 Å². The fraction of sp³-hybridized carbons (Fsp3) is 0.625. The van der Waals surface area contributed by atoms with Crippen LogP contribution < -0.4 is 4.72 Å². The maximum absolute atomic E-state index is 11.9. The Morgan fingerprint density at radius 3 is 3.12 bits per heavy atom. The fourth-order valence-corrected chi connectivity index (χ4v) is 4.20. The molecule has 0 aliphatic carbocycles. The Labute approximate surface area is 97.9 Å². The molecule has 1 aliphatic rings. The zero-order chi connectivity index (χ0) is 11.6. The Morgan fingerprint density at radius 1 is 1.69 bits per heavy atom. The summed E-state index contributed by atoms with van der Waals surface area (Å²) in [7, 11) is -3.58. The van der Waals surface area contributed by atoms with E-state index in [1.165, 1.54) is 6.20 Å². The van der Waals surface area contributed by atoms with Crippen LogP contribution in [0.15, 0.2) is 11.2 Å². The van der Waals surface area contributed by atoms with Gasteiger partial charge < -0.3 is 5.11 Å². The van der Waals surface area contributed by atoms with Gasteiger partial charge >= 0.3 is 0 Å². The zero-order valence-electron chi connectivity index (χ0n) is 8.51. The molecular formula is C8H13N3O3S2. The van der Waals surface area contributed by atoms with Gasteiger partial charge in [-0.05, 0) is 12.2 Å². The molecule has 0 spiro atoms. The minimum atomic E-state index is -3.58. The topological polar surface area (TPSA) is 95.1 Å². The SMILES string of the molecule is O=S(=O)(NC1CCSC1)c1[nH]ncc1CO. The molecule has 3 N–H and O–H groups in total. The van der Waals surface area contributed by atoms with Crippen molar-refractivity contribution in [2.75, 3.05) is 11.5 Å². The number of hydrogen-bond acceptors (Lipinski definition) is 5. The zero-order valence-corrected chi connectivity index (χ0v) is 10.1. The summed E-state index contributed by atoms with van der Waals surface area (Å²) in [4.78, 5) is 0. The van der Waals surface area contributed by atoms with Gasteiger partial charge in [-0.15, -0.1) is 0 Å². The van der Waals surface area contributed by atoms with Gasteiger partial charge in [0, 0.05) is 17.4 Å². The number of sulfonamides is 1. The molecule has 2 rings (SSSR count). The van der Waals surface area contributed by atoms with Gasteiger partial charge in [-0.2, -0.15) is 16.9 Å². The molecule has 1 aliphatic heterocycles. The number of aromatic amines is 1. The second-order valence-electron chi connectivity index (χ2n) is 3.56. The van der Waals surface area contributed by atoms with Crippen molar-refractivity contribution < 1.29 is 13.5 Å². The summed E-state index contributed by atoms with van der Waals surface area (Å²) in [6.07, 6.45) is 2.16. The Hall–Kier alpha value is -0.570. The van der Waals surface area contributed by atoms with E-state index in [1.807, 2.05) is 0 Å². The van der Waals surface area contributed by atoms with Crippen LogP contribution in [0.2, 0.25) is 0 Å². The van der Waals surface area contributed by atoms with Crippen molar-refractivity contribution in [1.82, 2.24) is 14.9 Å². The van der Waals surface area contributed by atoms with Crippen LogP contribution in [0.25, 0.3) is 0 Å². The van der Waals surface area contributed by atoms with Gasteiger partial charge in [-0.25, -0.2) is 13.1 Å². The van der Waals surface area contributed by atoms with Crippen molar-refractivity contribution >= 4 is 21.8 Å². The average Bonchev–Trinajstić information content (AvgIpc) is 2.85. The lowest BCUT2D eigenvalue weighted by atomic mass is 10.3. The highest BCUT2D eigenvalue weighted by Crippen LogP contribution is 2.20. The molecule has 0 saturated carbocycles. The predicted octanol–water partition coefficient (Wildman–Crippen LogP) is -0.314. The number of aliphatic hydroxyl groups is 1. The largest absolute Gasteiger partial charge is 0.392 e. The minimum Gasteiger partial charge on any atom is -0.392 e. The molecule has 2 heterocycles. The lowest BCUT2D eigenvalue weighted by Gasteiger charge is -2.11. The molecule has 0 aromatic carbocycles. The lowest BCUT2D eigenvalue weighted by Crippen LogP contribution is -2.35. The number of rotatable bonds is 4. The highest BCUT2D eigenvalue weighted by molar-refractivity contribution is 7.99. The molecule has 1 atom stereocenters. The molecular weight excluding hydrogens is 250 g/mol. The number of aliphatic hydroxyl groups excluding tert-OH is 1. The van der Waals surface area contributed by atoms with E-state index >= 15 is 0 Å². The first-order valence-corrected chi connectivity index (χ1v) is 7.50. The predicted molar refractivity (Wildman–Crippen MR) is 60.6 cm³/mol. The van der Waals surface area contributed by atoms with Gasteiger partial charge in [0.25, 0.3) is 10.0 Å². The molecule has 1 aromatic rings. The third-order valence-corrected chi connectivity index (χ3v) is 5.07. The van der Waals surface area contributed by atoms with Crippen LogP contribution >= 0.6 is 11.8 Å². The first-order valence-electron chi connectivity index (χ1n) is 4.86. The summed E-state index contributed by atoms with van der Waals surface area (Å²) in [5, 5.41) is 15.0. The third kappa shape index (κ3) is 2.40. The lowest BCUT2D eigenvalue weighted by molar-refractivity contribution is 0.278. The number of nitrogens with zero attached hydrogens (tertiary/aromatic N) is 1. The molecule has 8 heteroatoms. The number of nitrogens with one attached hydrogen (secondary N) is 2. The van der Waals surface area contributed by atoms with Gasteiger partial charge in [0.15, 0.2) is 5.03 Å². The van der Waals surface area contributed by atoms with Gasteiger partial charge in [0.05, 0.1) is 12.8 Å². The molecule has 0 amide bonds. The molecule has 1 fully saturated rings. The average molecular weight is 263 g/mol. The highest BCUT2D eigenvalue weighted by atomic mass is 32.2. The third-order valence-electron chi connectivity index (χ3n) is 2.37. The Morgan fingerprint density at radius 2 is 2.50 bits per heavy atom. The molecule has 0 bridgehead atoms. The molecule has 1 saturated heterocycles. The van der Waals surface area contributed by atoms with E-state index in [4.69, 9.17) is 5.11 Å². The van der Waals surface area contributed by atoms with Crippen LogP contribution in [0.1, 0.15) is 12.0 Å². The number of thioether (sulfide) groups is 1. The molecule has 6 nitrogen and oxygen atoms in total. The van der Waals surface area contributed by atoms with Crippen molar-refractivity contribution in [3.8, 4) is 0 Å². The Kier molecular flexibility index (Phi) is 3.53. The first kappa shape index (κ1) is 11.9. The summed E-state index contributed by atoms with van der Waals surface area (Å²) in [6.45, 7) is -0.341. The number of H-pyrrole nitrogens is 1. The van der Waals surface area contributed by atoms with Crippen molar-refractivity contribution in [1.29, 1.82) is 0 Å². The fourth-order valence-electron chi connectivity index (χ4n) is 1.55. The molecule has 1 unspecified atom stereocenters. The Bertz CT molecular complexity index is 451. The summed E-state index contributed by atoms with van der Waals surface area (Å²) in [5.41, 5.74) is 0.290. The van der Waals surface area contributed by atoms with Crippen LogP contribution in [0.4, 0.5) is 0 Å². The van der Waals surface area contributed by atoms with Crippen LogP contribution in [0.3, 0.4) is 0 Å². The van der Waals surface area contributed by atoms with E-state index in [9.17, 15) is 8.42 Å². The number of aromatic nitrogens is 2. The summed E-state index contributed by atoms with van der Waals surface area (Å²) >= 11 is 1.73. The normalized spacial score (nSPS) is 21.4. The van der Waals surface area contributed by atoms with Crippen LogP contribution in [-0.4, -0.2) is 41.3 Å². The van der Waals surface area contributed by atoms with E-state index in [-0.39, 0.29) is 23.2 Å². The van der Waals surface area contributed by atoms with Crippen molar-refractivity contribution in [2.24, 2.45) is 0 Å². The van der Waals surface area contributed by atoms with Gasteiger partial charge in [0.2, 0.25) is 0 Å². The first-order chi connectivity index (χ1) is 7.63. The minimum absolute atomic E-state index is 0.0233. The Balaban J connectivity index is 2.18. The van der Waals surface area contributed by atoms with E-state index in [2.05, 4.69) is 14.9 Å². The number of hydrogen-bond donors (Lipinski definition) is 3. The van der Waals surface area contributed by atoms with Crippen molar-refractivity contribution in [3.05, 3.63) is 11.8 Å². The second kappa shape index (κ2) is 4.74. The summed E-state index contributed by atoms with van der Waals surface area (Å²) < 4.78 is 26.5. The monoisotopic (exact) mass is 263 g/mol. The van der Waals surface area contributed by atoms with E-state index in [0.717, 1.165) is 17.9 Å². The van der Waals surface area contributed by atoms with Crippen LogP contribution in [0, 0.1) is 0 Å². The van der Waals surface area contributed by atoms with E-state index in [1.54, 1.807) is 11.8 Å². The van der Waals surface area contributed by atoms with Gasteiger partial charge in [-0.1, -0.05) is 0 Å². The van der Waals surface area contributed by atoms with Gasteiger partial charge in [0.1, 0.15) is 0 Å². The van der Waals surface area contributed by atoms with Crippen LogP contribution in [0.5, 0.6) is 0 Å².